The molecule has 0 unspecified atom stereocenters. The number of pyridine rings is 1. The fourth-order valence-corrected chi connectivity index (χ4v) is 8.97. The lowest BCUT2D eigenvalue weighted by Gasteiger charge is -2.35. The topological polar surface area (TPSA) is 152 Å². The van der Waals surface area contributed by atoms with Crippen LogP contribution >= 0.6 is 18.9 Å². The molecular weight excluding hydrogens is 620 g/mol. The van der Waals surface area contributed by atoms with Gasteiger partial charge in [0.05, 0.1) is 35.5 Å². The molecule has 3 aromatic rings. The van der Waals surface area contributed by atoms with Crippen molar-refractivity contribution in [2.45, 2.75) is 68.6 Å². The number of carbonyl (C=O) groups is 3. The van der Waals surface area contributed by atoms with Gasteiger partial charge in [-0.05, 0) is 85.2 Å². The van der Waals surface area contributed by atoms with Gasteiger partial charge in [-0.25, -0.2) is 4.39 Å². The largest absolute Gasteiger partial charge is 0.365 e. The van der Waals surface area contributed by atoms with E-state index in [4.69, 9.17) is 0 Å². The van der Waals surface area contributed by atoms with Crippen LogP contribution in [0.5, 0.6) is 0 Å². The molecule has 14 heteroatoms. The predicted octanol–water partition coefficient (Wildman–Crippen LogP) is 3.21. The van der Waals surface area contributed by atoms with Crippen molar-refractivity contribution in [2.75, 3.05) is 18.0 Å². The molecule has 0 spiro atoms. The Bertz CT molecular complexity index is 1690. The Kier molecular flexibility index (Phi) is 7.92. The zero-order valence-electron chi connectivity index (χ0n) is 24.4. The van der Waals surface area contributed by atoms with Gasteiger partial charge in [0.1, 0.15) is 18.3 Å². The summed E-state index contributed by atoms with van der Waals surface area (Å²) in [6, 6.07) is 8.02. The monoisotopic (exact) mass is 655 g/mol. The van der Waals surface area contributed by atoms with Gasteiger partial charge >= 0.3 is 7.60 Å². The summed E-state index contributed by atoms with van der Waals surface area (Å²) >= 11 is 1.25. The van der Waals surface area contributed by atoms with Gasteiger partial charge in [-0.1, -0.05) is 6.07 Å². The van der Waals surface area contributed by atoms with Crippen LogP contribution in [0.1, 0.15) is 47.3 Å². The quantitative estimate of drug-likeness (QED) is 0.284. The first kappa shape index (κ1) is 30.3. The Labute approximate surface area is 263 Å². The molecule has 4 aliphatic rings. The van der Waals surface area contributed by atoms with Crippen molar-refractivity contribution in [3.05, 3.63) is 59.2 Å². The lowest BCUT2D eigenvalue weighted by atomic mass is 9.99. The van der Waals surface area contributed by atoms with Crippen LogP contribution in [0.2, 0.25) is 0 Å². The molecule has 2 aromatic heterocycles. The Morgan fingerprint density at radius 1 is 1.07 bits per heavy atom. The Morgan fingerprint density at radius 3 is 2.67 bits per heavy atom. The SMILES string of the molecule is O=C(N[C@H]1C[C@H]2C[C@H]2C[C@H]2CC[C@@H](C(=O)N[C@H]3CN(c4cccnc4)C[C@@H]3F)N2C1=O)c1cc2cc(CP(=O)(O)O)ccc2s1. The molecule has 0 radical (unpaired) electrons. The predicted molar refractivity (Wildman–Crippen MR) is 167 cm³/mol. The molecule has 7 rings (SSSR count). The smallest absolute Gasteiger partial charge is 0.329 e. The van der Waals surface area contributed by atoms with E-state index >= 15 is 4.39 Å². The van der Waals surface area contributed by atoms with E-state index in [2.05, 4.69) is 15.6 Å². The highest BCUT2D eigenvalue weighted by Gasteiger charge is 2.51. The Morgan fingerprint density at radius 2 is 1.89 bits per heavy atom. The third kappa shape index (κ3) is 6.36. The van der Waals surface area contributed by atoms with Gasteiger partial charge in [0.15, 0.2) is 0 Å². The van der Waals surface area contributed by atoms with Gasteiger partial charge in [-0.3, -0.25) is 23.9 Å². The summed E-state index contributed by atoms with van der Waals surface area (Å²) in [6.45, 7) is 0.452. The number of fused-ring (bicyclic) bond motifs is 3. The zero-order chi connectivity index (χ0) is 31.5. The molecule has 1 aliphatic carbocycles. The summed E-state index contributed by atoms with van der Waals surface area (Å²) in [7, 11) is -4.24. The van der Waals surface area contributed by atoms with Crippen LogP contribution < -0.4 is 15.5 Å². The standard InChI is InChI=1S/C31H35FN5O6PS/c32-23-14-36(22-2-1-7-33-13-22)15-25(23)35-29(38)26-5-4-21-10-18-9-19(18)11-24(31(40)37(21)26)34-30(39)28-12-20-8-17(16-44(41,42)43)3-6-27(20)45-28/h1-3,6-8,12-13,18-19,21,23-26H,4-5,9-11,14-16H2,(H,34,39)(H,35,38)(H2,41,42,43)/t18-,19+,21+,23-,24-,25-,26-/m0/s1. The van der Waals surface area contributed by atoms with Gasteiger partial charge in [-0.2, -0.15) is 0 Å². The number of halogens is 1. The molecule has 3 aliphatic heterocycles. The number of nitrogens with zero attached hydrogens (tertiary/aromatic N) is 3. The number of hydrogen-bond donors (Lipinski definition) is 4. The number of benzene rings is 1. The van der Waals surface area contributed by atoms with Gasteiger partial charge in [-0.15, -0.1) is 11.3 Å². The van der Waals surface area contributed by atoms with Crippen LogP contribution in [0.25, 0.3) is 10.1 Å². The Hall–Kier alpha value is -3.38. The molecule has 3 amide bonds. The molecule has 4 N–H and O–H groups in total. The molecule has 238 valence electrons. The van der Waals surface area contributed by atoms with E-state index in [9.17, 15) is 28.7 Å². The van der Waals surface area contributed by atoms with Crippen LogP contribution in [0.3, 0.4) is 0 Å². The van der Waals surface area contributed by atoms with Gasteiger partial charge in [0.2, 0.25) is 11.8 Å². The summed E-state index contributed by atoms with van der Waals surface area (Å²) < 4.78 is 27.3. The van der Waals surface area contributed by atoms with Crippen molar-refractivity contribution >= 4 is 52.4 Å². The van der Waals surface area contributed by atoms with Crippen molar-refractivity contribution < 1.29 is 33.1 Å². The average Bonchev–Trinajstić information content (AvgIpc) is 3.29. The average molecular weight is 656 g/mol. The summed E-state index contributed by atoms with van der Waals surface area (Å²) in [5.74, 6) is -0.248. The first-order valence-electron chi connectivity index (χ1n) is 15.3. The van der Waals surface area contributed by atoms with Crippen molar-refractivity contribution in [2.24, 2.45) is 11.8 Å². The zero-order valence-corrected chi connectivity index (χ0v) is 26.1. The normalized spacial score (nSPS) is 29.6. The fraction of sp³-hybridized carbons (Fsp3) is 0.484. The number of amides is 3. The van der Waals surface area contributed by atoms with Crippen molar-refractivity contribution in [1.82, 2.24) is 20.5 Å². The van der Waals surface area contributed by atoms with E-state index in [1.165, 1.54) is 11.3 Å². The molecule has 45 heavy (non-hydrogen) atoms. The highest BCUT2D eigenvalue weighted by Crippen LogP contribution is 2.49. The first-order valence-corrected chi connectivity index (χ1v) is 17.9. The molecule has 4 fully saturated rings. The first-order chi connectivity index (χ1) is 21.5. The highest BCUT2D eigenvalue weighted by atomic mass is 32.1. The molecular formula is C31H35FN5O6PS. The maximum atomic E-state index is 15.1. The number of alkyl halides is 1. The van der Waals surface area contributed by atoms with E-state index < -0.39 is 37.8 Å². The molecule has 7 atom stereocenters. The maximum Gasteiger partial charge on any atom is 0.329 e. The van der Waals surface area contributed by atoms with Crippen LogP contribution in [-0.2, 0) is 20.3 Å². The van der Waals surface area contributed by atoms with Crippen molar-refractivity contribution in [1.29, 1.82) is 0 Å². The number of aromatic nitrogens is 1. The van der Waals surface area contributed by atoms with Crippen molar-refractivity contribution in [3.63, 3.8) is 0 Å². The van der Waals surface area contributed by atoms with E-state index in [1.54, 1.807) is 47.6 Å². The van der Waals surface area contributed by atoms with Crippen LogP contribution in [-0.4, -0.2) is 80.8 Å². The van der Waals surface area contributed by atoms with Gasteiger partial charge in [0.25, 0.3) is 5.91 Å². The fourth-order valence-electron chi connectivity index (χ4n) is 7.35. The van der Waals surface area contributed by atoms with E-state index in [1.807, 2.05) is 11.0 Å². The molecule has 1 saturated carbocycles. The molecule has 1 aromatic carbocycles. The number of carbonyl (C=O) groups excluding carboxylic acids is 3. The van der Waals surface area contributed by atoms with Crippen LogP contribution in [0, 0.1) is 11.8 Å². The van der Waals surface area contributed by atoms with Crippen molar-refractivity contribution in [3.8, 4) is 0 Å². The lowest BCUT2D eigenvalue weighted by Crippen LogP contribution is -2.58. The lowest BCUT2D eigenvalue weighted by molar-refractivity contribution is -0.143. The Balaban J connectivity index is 1.05. The van der Waals surface area contributed by atoms with Gasteiger partial charge in [0, 0.05) is 23.5 Å². The van der Waals surface area contributed by atoms with Crippen LogP contribution in [0.15, 0.2) is 48.8 Å². The second kappa shape index (κ2) is 11.8. The number of rotatable bonds is 7. The number of thiophene rings is 1. The summed E-state index contributed by atoms with van der Waals surface area (Å²) in [5.41, 5.74) is 1.26. The summed E-state index contributed by atoms with van der Waals surface area (Å²) in [5, 5.41) is 6.54. The van der Waals surface area contributed by atoms with Gasteiger partial charge < -0.3 is 30.2 Å². The maximum absolute atomic E-state index is 15.1. The molecule has 0 bridgehead atoms. The molecule has 5 heterocycles. The molecule has 3 saturated heterocycles. The van der Waals surface area contributed by atoms with E-state index in [-0.39, 0.29) is 30.6 Å². The van der Waals surface area contributed by atoms with E-state index in [0.29, 0.717) is 53.5 Å². The third-order valence-corrected chi connectivity index (χ3v) is 11.5. The summed E-state index contributed by atoms with van der Waals surface area (Å²) in [4.78, 5) is 67.8. The highest BCUT2D eigenvalue weighted by molar-refractivity contribution is 7.50. The number of anilines is 1. The third-order valence-electron chi connectivity index (χ3n) is 9.63. The number of hydrogen-bond acceptors (Lipinski definition) is 7. The minimum Gasteiger partial charge on any atom is -0.365 e. The van der Waals surface area contributed by atoms with Crippen LogP contribution in [0.4, 0.5) is 10.1 Å². The minimum atomic E-state index is -4.24. The number of nitrogens with one attached hydrogen (secondary N) is 2. The second-order valence-electron chi connectivity index (χ2n) is 12.8. The van der Waals surface area contributed by atoms with E-state index in [0.717, 1.165) is 23.2 Å². The molecule has 11 nitrogen and oxygen atoms in total. The summed E-state index contributed by atoms with van der Waals surface area (Å²) in [6.07, 6.45) is 5.16. The second-order valence-corrected chi connectivity index (χ2v) is 15.5. The minimum absolute atomic E-state index is 0.101.